The number of thioether (sulfide) groups is 1. The molecule has 4 rings (SSSR count). The van der Waals surface area contributed by atoms with Gasteiger partial charge < -0.3 is 9.80 Å². The molecule has 22 heavy (non-hydrogen) atoms. The standard InChI is InChI=1S/C17H20N2O2S/c1-11-2-4-13(5-3-11)18-8-12(6-16(18)20)17(21)19-9-15-7-14(19)10-22-15/h2-5,12,14-15H,6-10H2,1H3/t12-,14+,15-/m1/s1. The van der Waals surface area contributed by atoms with Crippen LogP contribution in [0.1, 0.15) is 18.4 Å². The number of nitrogens with zero attached hydrogens (tertiary/aromatic N) is 2. The zero-order valence-corrected chi connectivity index (χ0v) is 13.5. The van der Waals surface area contributed by atoms with Crippen LogP contribution in [-0.2, 0) is 9.59 Å². The largest absolute Gasteiger partial charge is 0.337 e. The highest BCUT2D eigenvalue weighted by Crippen LogP contribution is 2.39. The number of rotatable bonds is 2. The van der Waals surface area contributed by atoms with Gasteiger partial charge in [-0.1, -0.05) is 17.7 Å². The second-order valence-electron chi connectivity index (χ2n) is 6.58. The highest BCUT2D eigenvalue weighted by Gasteiger charge is 2.45. The number of benzene rings is 1. The molecule has 3 aliphatic rings. The van der Waals surface area contributed by atoms with E-state index in [9.17, 15) is 9.59 Å². The van der Waals surface area contributed by atoms with Crippen molar-refractivity contribution in [1.82, 2.24) is 4.90 Å². The van der Waals surface area contributed by atoms with Crippen molar-refractivity contribution in [3.8, 4) is 0 Å². The second kappa shape index (κ2) is 5.30. The maximum atomic E-state index is 12.8. The summed E-state index contributed by atoms with van der Waals surface area (Å²) in [5.74, 6) is 1.16. The van der Waals surface area contributed by atoms with E-state index in [1.807, 2.05) is 47.9 Å². The van der Waals surface area contributed by atoms with Crippen molar-refractivity contribution in [2.75, 3.05) is 23.7 Å². The molecule has 2 bridgehead atoms. The summed E-state index contributed by atoms with van der Waals surface area (Å²) in [6.07, 6.45) is 1.49. The number of amides is 2. The third-order valence-electron chi connectivity index (χ3n) is 5.00. The number of likely N-dealkylation sites (tertiary alicyclic amines) is 1. The Labute approximate surface area is 134 Å². The minimum atomic E-state index is -0.168. The van der Waals surface area contributed by atoms with Crippen LogP contribution in [0.2, 0.25) is 0 Å². The minimum absolute atomic E-state index is 0.0703. The van der Waals surface area contributed by atoms with E-state index in [2.05, 4.69) is 0 Å². The van der Waals surface area contributed by atoms with Crippen LogP contribution >= 0.6 is 11.8 Å². The fourth-order valence-electron chi connectivity index (χ4n) is 3.75. The first-order valence-electron chi connectivity index (χ1n) is 7.91. The monoisotopic (exact) mass is 316 g/mol. The lowest BCUT2D eigenvalue weighted by Crippen LogP contribution is -2.43. The maximum Gasteiger partial charge on any atom is 0.228 e. The predicted molar refractivity (Wildman–Crippen MR) is 88.0 cm³/mol. The summed E-state index contributed by atoms with van der Waals surface area (Å²) >= 11 is 1.98. The molecule has 3 saturated heterocycles. The molecule has 3 heterocycles. The lowest BCUT2D eigenvalue weighted by Gasteiger charge is -2.29. The smallest absolute Gasteiger partial charge is 0.228 e. The van der Waals surface area contributed by atoms with Gasteiger partial charge in [-0.3, -0.25) is 9.59 Å². The van der Waals surface area contributed by atoms with E-state index in [4.69, 9.17) is 0 Å². The van der Waals surface area contributed by atoms with Gasteiger partial charge in [0.2, 0.25) is 11.8 Å². The van der Waals surface area contributed by atoms with Gasteiger partial charge in [-0.25, -0.2) is 0 Å². The van der Waals surface area contributed by atoms with Crippen molar-refractivity contribution in [3.63, 3.8) is 0 Å². The zero-order valence-electron chi connectivity index (χ0n) is 12.7. The highest BCUT2D eigenvalue weighted by atomic mass is 32.2. The van der Waals surface area contributed by atoms with E-state index in [1.54, 1.807) is 4.90 Å². The van der Waals surface area contributed by atoms with E-state index in [0.717, 1.165) is 24.4 Å². The number of fused-ring (bicyclic) bond motifs is 2. The van der Waals surface area contributed by atoms with E-state index >= 15 is 0 Å². The van der Waals surface area contributed by atoms with Gasteiger partial charge in [-0.05, 0) is 25.5 Å². The normalized spacial score (nSPS) is 30.4. The Kier molecular flexibility index (Phi) is 3.40. The van der Waals surface area contributed by atoms with Crippen molar-refractivity contribution >= 4 is 29.3 Å². The van der Waals surface area contributed by atoms with Crippen molar-refractivity contribution < 1.29 is 9.59 Å². The summed E-state index contributed by atoms with van der Waals surface area (Å²) in [6, 6.07) is 8.36. The average Bonchev–Trinajstić information content (AvgIpc) is 3.22. The van der Waals surface area contributed by atoms with Gasteiger partial charge in [0.1, 0.15) is 0 Å². The topological polar surface area (TPSA) is 40.6 Å². The predicted octanol–water partition coefficient (Wildman–Crippen LogP) is 2.06. The quantitative estimate of drug-likeness (QED) is 0.838. The zero-order chi connectivity index (χ0) is 15.3. The van der Waals surface area contributed by atoms with Crippen LogP contribution in [0, 0.1) is 12.8 Å². The molecule has 3 aliphatic heterocycles. The lowest BCUT2D eigenvalue weighted by atomic mass is 10.1. The molecular formula is C17H20N2O2S. The number of carbonyl (C=O) groups excluding carboxylic acids is 2. The van der Waals surface area contributed by atoms with Gasteiger partial charge in [0.15, 0.2) is 0 Å². The SMILES string of the molecule is Cc1ccc(N2C[C@H](C(=O)N3C[C@H]4C[C@H]3CS4)CC2=O)cc1. The van der Waals surface area contributed by atoms with Crippen LogP contribution in [-0.4, -0.2) is 46.8 Å². The van der Waals surface area contributed by atoms with Gasteiger partial charge >= 0.3 is 0 Å². The van der Waals surface area contributed by atoms with Gasteiger partial charge in [0.25, 0.3) is 0 Å². The Bertz CT molecular complexity index is 616. The van der Waals surface area contributed by atoms with E-state index in [-0.39, 0.29) is 17.7 Å². The van der Waals surface area contributed by atoms with Crippen molar-refractivity contribution in [3.05, 3.63) is 29.8 Å². The second-order valence-corrected chi connectivity index (χ2v) is 7.91. The average molecular weight is 316 g/mol. The van der Waals surface area contributed by atoms with Gasteiger partial charge in [0.05, 0.1) is 5.92 Å². The first kappa shape index (κ1) is 14.1. The Morgan fingerprint density at radius 3 is 2.64 bits per heavy atom. The third kappa shape index (κ3) is 2.32. The van der Waals surface area contributed by atoms with Gasteiger partial charge in [0, 0.05) is 42.2 Å². The molecule has 5 heteroatoms. The van der Waals surface area contributed by atoms with Gasteiger partial charge in [-0.2, -0.15) is 11.8 Å². The summed E-state index contributed by atoms with van der Waals surface area (Å²) in [4.78, 5) is 28.9. The molecule has 0 unspecified atom stereocenters. The molecule has 3 atom stereocenters. The Hall–Kier alpha value is -1.49. The minimum Gasteiger partial charge on any atom is -0.337 e. The lowest BCUT2D eigenvalue weighted by molar-refractivity contribution is -0.136. The molecule has 4 nitrogen and oxygen atoms in total. The number of hydrogen-bond acceptors (Lipinski definition) is 3. The molecular weight excluding hydrogens is 296 g/mol. The van der Waals surface area contributed by atoms with Crippen LogP contribution in [0.15, 0.2) is 24.3 Å². The molecule has 0 aliphatic carbocycles. The number of carbonyl (C=O) groups is 2. The maximum absolute atomic E-state index is 12.8. The van der Waals surface area contributed by atoms with Crippen molar-refractivity contribution in [2.24, 2.45) is 5.92 Å². The summed E-state index contributed by atoms with van der Waals surface area (Å²) < 4.78 is 0. The molecule has 116 valence electrons. The number of hydrogen-bond donors (Lipinski definition) is 0. The van der Waals surface area contributed by atoms with Crippen LogP contribution in [0.3, 0.4) is 0 Å². The molecule has 3 fully saturated rings. The molecule has 0 N–H and O–H groups in total. The summed E-state index contributed by atoms with van der Waals surface area (Å²) in [7, 11) is 0. The molecule has 0 saturated carbocycles. The van der Waals surface area contributed by atoms with E-state index in [1.165, 1.54) is 5.56 Å². The van der Waals surface area contributed by atoms with Crippen LogP contribution in [0.5, 0.6) is 0 Å². The molecule has 2 amide bonds. The molecule has 1 aromatic carbocycles. The highest BCUT2D eigenvalue weighted by molar-refractivity contribution is 8.00. The first-order valence-corrected chi connectivity index (χ1v) is 8.96. The molecule has 0 radical (unpaired) electrons. The van der Waals surface area contributed by atoms with Crippen LogP contribution in [0.4, 0.5) is 5.69 Å². The molecule has 0 aromatic heterocycles. The van der Waals surface area contributed by atoms with Crippen LogP contribution in [0.25, 0.3) is 0 Å². The molecule has 1 aromatic rings. The van der Waals surface area contributed by atoms with Crippen molar-refractivity contribution in [1.29, 1.82) is 0 Å². The van der Waals surface area contributed by atoms with E-state index < -0.39 is 0 Å². The van der Waals surface area contributed by atoms with Gasteiger partial charge in [-0.15, -0.1) is 0 Å². The number of anilines is 1. The third-order valence-corrected chi connectivity index (χ3v) is 6.39. The van der Waals surface area contributed by atoms with Crippen molar-refractivity contribution in [2.45, 2.75) is 31.1 Å². The Balaban J connectivity index is 1.47. The molecule has 0 spiro atoms. The fourth-order valence-corrected chi connectivity index (χ4v) is 5.19. The fraction of sp³-hybridized carbons (Fsp3) is 0.529. The summed E-state index contributed by atoms with van der Waals surface area (Å²) in [5, 5.41) is 0.624. The Morgan fingerprint density at radius 1 is 1.23 bits per heavy atom. The Morgan fingerprint density at radius 2 is 2.00 bits per heavy atom. The van der Waals surface area contributed by atoms with Crippen LogP contribution < -0.4 is 4.90 Å². The first-order chi connectivity index (χ1) is 10.6. The van der Waals surface area contributed by atoms with E-state index in [0.29, 0.717) is 24.3 Å². The number of aryl methyl sites for hydroxylation is 1. The summed E-state index contributed by atoms with van der Waals surface area (Å²) in [6.45, 7) is 3.44. The summed E-state index contributed by atoms with van der Waals surface area (Å²) in [5.41, 5.74) is 2.08.